The summed E-state index contributed by atoms with van der Waals surface area (Å²) < 4.78 is 5.19. The zero-order chi connectivity index (χ0) is 13.7. The topological polar surface area (TPSA) is 55.6 Å². The molecule has 0 amide bonds. The van der Waals surface area contributed by atoms with Crippen LogP contribution in [0.3, 0.4) is 0 Å². The van der Waals surface area contributed by atoms with Crippen molar-refractivity contribution in [1.82, 2.24) is 4.90 Å². The van der Waals surface area contributed by atoms with E-state index in [4.69, 9.17) is 10.5 Å². The Hall–Kier alpha value is -1.55. The van der Waals surface area contributed by atoms with Gasteiger partial charge in [0.25, 0.3) is 0 Å². The maximum absolute atomic E-state index is 11.7. The molecule has 0 saturated carbocycles. The van der Waals surface area contributed by atoms with Crippen molar-refractivity contribution in [2.45, 2.75) is 32.7 Å². The number of unbranched alkanes of at least 4 members (excludes halogenated alkanes) is 1. The molecule has 104 valence electrons. The number of carbonyl (C=O) groups excluding carboxylic acids is 1. The highest BCUT2D eigenvalue weighted by molar-refractivity contribution is 5.71. The second-order valence-electron chi connectivity index (χ2n) is 5.02. The van der Waals surface area contributed by atoms with Crippen LogP contribution >= 0.6 is 0 Å². The van der Waals surface area contributed by atoms with Gasteiger partial charge in [0.15, 0.2) is 0 Å². The van der Waals surface area contributed by atoms with Crippen molar-refractivity contribution in [3.63, 3.8) is 0 Å². The van der Waals surface area contributed by atoms with Crippen molar-refractivity contribution in [3.8, 4) is 0 Å². The number of nitrogens with two attached hydrogens (primary N) is 1. The van der Waals surface area contributed by atoms with E-state index in [1.54, 1.807) is 0 Å². The molecule has 1 aliphatic heterocycles. The van der Waals surface area contributed by atoms with E-state index in [2.05, 4.69) is 17.9 Å². The van der Waals surface area contributed by atoms with Crippen LogP contribution in [0.5, 0.6) is 0 Å². The normalized spacial score (nSPS) is 15.0. The molecule has 0 unspecified atom stereocenters. The molecule has 19 heavy (non-hydrogen) atoms. The highest BCUT2D eigenvalue weighted by Crippen LogP contribution is 2.23. The van der Waals surface area contributed by atoms with E-state index < -0.39 is 0 Å². The lowest BCUT2D eigenvalue weighted by Crippen LogP contribution is -2.36. The first-order valence-corrected chi connectivity index (χ1v) is 6.95. The molecule has 0 aliphatic carbocycles. The molecule has 0 radical (unpaired) electrons. The monoisotopic (exact) mass is 262 g/mol. The Morgan fingerprint density at radius 2 is 2.32 bits per heavy atom. The molecule has 0 saturated heterocycles. The van der Waals surface area contributed by atoms with Gasteiger partial charge in [-0.2, -0.15) is 0 Å². The van der Waals surface area contributed by atoms with Gasteiger partial charge in [0.1, 0.15) is 0 Å². The van der Waals surface area contributed by atoms with E-state index in [1.807, 2.05) is 12.1 Å². The van der Waals surface area contributed by atoms with Crippen molar-refractivity contribution in [1.29, 1.82) is 0 Å². The summed E-state index contributed by atoms with van der Waals surface area (Å²) >= 11 is 0. The molecule has 1 aromatic rings. The molecule has 0 spiro atoms. The Morgan fingerprint density at radius 3 is 3.11 bits per heavy atom. The van der Waals surface area contributed by atoms with Gasteiger partial charge in [0.05, 0.1) is 13.2 Å². The van der Waals surface area contributed by atoms with Crippen LogP contribution in [0.1, 0.15) is 30.9 Å². The zero-order valence-electron chi connectivity index (χ0n) is 11.5. The third-order valence-electron chi connectivity index (χ3n) is 3.50. The summed E-state index contributed by atoms with van der Waals surface area (Å²) in [5, 5.41) is 0. The molecule has 1 aromatic carbocycles. The maximum Gasteiger partial charge on any atom is 0.320 e. The van der Waals surface area contributed by atoms with Gasteiger partial charge in [-0.1, -0.05) is 25.5 Å². The third-order valence-corrected chi connectivity index (χ3v) is 3.50. The Bertz CT molecular complexity index is 446. The average Bonchev–Trinajstić information content (AvgIpc) is 2.40. The summed E-state index contributed by atoms with van der Waals surface area (Å²) in [6.45, 7) is 4.60. The largest absolute Gasteiger partial charge is 0.465 e. The summed E-state index contributed by atoms with van der Waals surface area (Å²) in [5.41, 5.74) is 9.27. The van der Waals surface area contributed by atoms with Crippen LogP contribution in [0.2, 0.25) is 0 Å². The molecule has 1 heterocycles. The van der Waals surface area contributed by atoms with Gasteiger partial charge >= 0.3 is 5.97 Å². The van der Waals surface area contributed by atoms with Gasteiger partial charge in [-0.25, -0.2) is 0 Å². The van der Waals surface area contributed by atoms with Crippen LogP contribution in [0.4, 0.5) is 5.69 Å². The molecule has 0 aromatic heterocycles. The lowest BCUT2D eigenvalue weighted by molar-refractivity contribution is -0.145. The predicted molar refractivity (Wildman–Crippen MR) is 75.7 cm³/mol. The number of esters is 1. The fraction of sp³-hybridized carbons (Fsp3) is 0.533. The SMILES string of the molecule is CCCCOC(=O)CN1CCc2cccc(N)c2C1. The van der Waals surface area contributed by atoms with Crippen LogP contribution in [0.15, 0.2) is 18.2 Å². The van der Waals surface area contributed by atoms with E-state index in [1.165, 1.54) is 5.56 Å². The van der Waals surface area contributed by atoms with Gasteiger partial charge in [0.2, 0.25) is 0 Å². The van der Waals surface area contributed by atoms with Gasteiger partial charge in [0, 0.05) is 18.8 Å². The summed E-state index contributed by atoms with van der Waals surface area (Å²) in [7, 11) is 0. The van der Waals surface area contributed by atoms with Crippen molar-refractivity contribution in [2.75, 3.05) is 25.4 Å². The number of rotatable bonds is 5. The van der Waals surface area contributed by atoms with Crippen LogP contribution in [-0.2, 0) is 22.5 Å². The summed E-state index contributed by atoms with van der Waals surface area (Å²) in [6, 6.07) is 6.02. The number of carbonyl (C=O) groups is 1. The van der Waals surface area contributed by atoms with Crippen molar-refractivity contribution < 1.29 is 9.53 Å². The van der Waals surface area contributed by atoms with E-state index in [0.717, 1.165) is 43.6 Å². The van der Waals surface area contributed by atoms with Gasteiger partial charge < -0.3 is 10.5 Å². The number of fused-ring (bicyclic) bond motifs is 1. The van der Waals surface area contributed by atoms with Gasteiger partial charge in [-0.05, 0) is 30.0 Å². The van der Waals surface area contributed by atoms with E-state index in [-0.39, 0.29) is 5.97 Å². The first-order chi connectivity index (χ1) is 9.20. The molecule has 0 bridgehead atoms. The van der Waals surface area contributed by atoms with Gasteiger partial charge in [-0.3, -0.25) is 9.69 Å². The number of nitrogens with zero attached hydrogens (tertiary/aromatic N) is 1. The Kier molecular flexibility index (Phi) is 4.80. The van der Waals surface area contributed by atoms with Crippen LogP contribution < -0.4 is 5.73 Å². The molecule has 2 rings (SSSR count). The third kappa shape index (κ3) is 3.70. The fourth-order valence-corrected chi connectivity index (χ4v) is 2.36. The lowest BCUT2D eigenvalue weighted by atomic mass is 9.98. The first kappa shape index (κ1) is 13.9. The number of anilines is 1. The van der Waals surface area contributed by atoms with Crippen molar-refractivity contribution in [3.05, 3.63) is 29.3 Å². The molecular weight excluding hydrogens is 240 g/mol. The number of hydrogen-bond acceptors (Lipinski definition) is 4. The molecule has 4 heteroatoms. The second-order valence-corrected chi connectivity index (χ2v) is 5.02. The second kappa shape index (κ2) is 6.57. The Balaban J connectivity index is 1.88. The molecule has 4 nitrogen and oxygen atoms in total. The molecule has 0 atom stereocenters. The summed E-state index contributed by atoms with van der Waals surface area (Å²) in [5.74, 6) is -0.133. The van der Waals surface area contributed by atoms with Crippen LogP contribution in [0.25, 0.3) is 0 Å². The van der Waals surface area contributed by atoms with E-state index in [9.17, 15) is 4.79 Å². The van der Waals surface area contributed by atoms with Crippen molar-refractivity contribution >= 4 is 11.7 Å². The van der Waals surface area contributed by atoms with Crippen LogP contribution in [-0.4, -0.2) is 30.6 Å². The Morgan fingerprint density at radius 1 is 1.47 bits per heavy atom. The minimum Gasteiger partial charge on any atom is -0.465 e. The average molecular weight is 262 g/mol. The van der Waals surface area contributed by atoms with Gasteiger partial charge in [-0.15, -0.1) is 0 Å². The zero-order valence-corrected chi connectivity index (χ0v) is 11.5. The Labute approximate surface area is 114 Å². The van der Waals surface area contributed by atoms with Crippen molar-refractivity contribution in [2.24, 2.45) is 0 Å². The standard InChI is InChI=1S/C15H22N2O2/c1-2-3-9-19-15(18)11-17-8-7-12-5-4-6-14(16)13(12)10-17/h4-6H,2-3,7-11,16H2,1H3. The minimum absolute atomic E-state index is 0.133. The summed E-state index contributed by atoms with van der Waals surface area (Å²) in [6.07, 6.45) is 2.92. The van der Waals surface area contributed by atoms with E-state index in [0.29, 0.717) is 13.2 Å². The first-order valence-electron chi connectivity index (χ1n) is 6.95. The predicted octanol–water partition coefficient (Wildman–Crippen LogP) is 1.97. The fourth-order valence-electron chi connectivity index (χ4n) is 2.36. The smallest absolute Gasteiger partial charge is 0.320 e. The highest BCUT2D eigenvalue weighted by Gasteiger charge is 2.20. The molecular formula is C15H22N2O2. The number of hydrogen-bond donors (Lipinski definition) is 1. The van der Waals surface area contributed by atoms with E-state index >= 15 is 0 Å². The minimum atomic E-state index is -0.133. The highest BCUT2D eigenvalue weighted by atomic mass is 16.5. The molecule has 2 N–H and O–H groups in total. The summed E-state index contributed by atoms with van der Waals surface area (Å²) in [4.78, 5) is 13.8. The number of benzene rings is 1. The molecule has 1 aliphatic rings. The van der Waals surface area contributed by atoms with Crippen LogP contribution in [0, 0.1) is 0 Å². The maximum atomic E-state index is 11.7. The quantitative estimate of drug-likeness (QED) is 0.501. The molecule has 0 fully saturated rings. The number of ether oxygens (including phenoxy) is 1. The number of nitrogen functional groups attached to an aromatic ring is 1. The lowest BCUT2D eigenvalue weighted by Gasteiger charge is -2.28.